The van der Waals surface area contributed by atoms with Gasteiger partial charge in [-0.05, 0) is 72.1 Å². The Labute approximate surface area is 229 Å². The molecule has 38 heavy (non-hydrogen) atoms. The first kappa shape index (κ1) is 26.5. The molecule has 1 aliphatic carbocycles. The lowest BCUT2D eigenvalue weighted by atomic mass is 9.83. The van der Waals surface area contributed by atoms with Gasteiger partial charge >= 0.3 is 0 Å². The van der Waals surface area contributed by atoms with Crippen LogP contribution in [0, 0.1) is 0 Å². The van der Waals surface area contributed by atoms with Crippen LogP contribution in [0.4, 0.5) is 4.79 Å². The molecule has 6 heteroatoms. The zero-order valence-corrected chi connectivity index (χ0v) is 22.9. The van der Waals surface area contributed by atoms with Crippen molar-refractivity contribution in [1.29, 1.82) is 0 Å². The molecule has 5 rings (SSSR count). The molecule has 0 aromatic heterocycles. The van der Waals surface area contributed by atoms with Crippen LogP contribution in [0.2, 0.25) is 0 Å². The first-order valence-electron chi connectivity index (χ1n) is 13.6. The van der Waals surface area contributed by atoms with Crippen molar-refractivity contribution in [3.63, 3.8) is 0 Å². The molecule has 2 aliphatic rings. The maximum atomic E-state index is 12.1. The second-order valence-corrected chi connectivity index (χ2v) is 11.6. The molecule has 5 nitrogen and oxygen atoms in total. The molecule has 2 amide bonds. The number of benzene rings is 3. The lowest BCUT2D eigenvalue weighted by molar-refractivity contribution is -0.118. The van der Waals surface area contributed by atoms with E-state index in [1.54, 1.807) is 7.11 Å². The Morgan fingerprint density at radius 1 is 0.921 bits per heavy atom. The summed E-state index contributed by atoms with van der Waals surface area (Å²) in [6, 6.07) is 25.8. The average Bonchev–Trinajstić information content (AvgIpc) is 3.28. The lowest BCUT2D eigenvalue weighted by Gasteiger charge is -2.26. The highest BCUT2D eigenvalue weighted by atomic mass is 32.2. The Balaban J connectivity index is 1.38. The zero-order chi connectivity index (χ0) is 26.5. The standard InChI is InChI=1S/C32H36N2O3S/c1-21(23-11-13-25(14-12-23)24-8-4-3-5-9-24)33-30(26-15-17-28(37-2)18-16-26)27-10-6-7-22(19-27)20-29-31(35)34-32(36)38-29/h6-7,10-19,21,24,29-30,33H,3-5,8-9,20H2,1-2H3,(H,34,35,36). The number of carbonyl (C=O) groups is 2. The minimum Gasteiger partial charge on any atom is -0.497 e. The molecular formula is C32H36N2O3S. The van der Waals surface area contributed by atoms with Gasteiger partial charge in [0.25, 0.3) is 5.24 Å². The van der Waals surface area contributed by atoms with Crippen LogP contribution in [0.25, 0.3) is 0 Å². The van der Waals surface area contributed by atoms with Crippen molar-refractivity contribution in [3.05, 3.63) is 101 Å². The van der Waals surface area contributed by atoms with Gasteiger partial charge in [0.05, 0.1) is 18.4 Å². The van der Waals surface area contributed by atoms with E-state index in [2.05, 4.69) is 66.1 Å². The molecule has 1 heterocycles. The average molecular weight is 529 g/mol. The number of imide groups is 1. The van der Waals surface area contributed by atoms with Gasteiger partial charge in [0.15, 0.2) is 0 Å². The van der Waals surface area contributed by atoms with Gasteiger partial charge in [0, 0.05) is 6.04 Å². The topological polar surface area (TPSA) is 67.4 Å². The van der Waals surface area contributed by atoms with Crippen molar-refractivity contribution in [2.24, 2.45) is 0 Å². The van der Waals surface area contributed by atoms with Crippen LogP contribution in [0.5, 0.6) is 5.75 Å². The normalized spacial score (nSPS) is 19.7. The molecule has 198 valence electrons. The second-order valence-electron chi connectivity index (χ2n) is 10.4. The summed E-state index contributed by atoms with van der Waals surface area (Å²) in [5, 5.41) is 5.60. The van der Waals surface area contributed by atoms with Crippen molar-refractivity contribution in [1.82, 2.24) is 10.6 Å². The molecule has 0 spiro atoms. The van der Waals surface area contributed by atoms with Crippen LogP contribution in [-0.4, -0.2) is 23.5 Å². The molecule has 1 aliphatic heterocycles. The highest BCUT2D eigenvalue weighted by molar-refractivity contribution is 8.15. The smallest absolute Gasteiger partial charge is 0.286 e. The van der Waals surface area contributed by atoms with E-state index < -0.39 is 0 Å². The van der Waals surface area contributed by atoms with E-state index in [0.717, 1.165) is 34.2 Å². The second kappa shape index (κ2) is 12.2. The van der Waals surface area contributed by atoms with Gasteiger partial charge in [0.2, 0.25) is 5.91 Å². The van der Waals surface area contributed by atoms with Crippen LogP contribution in [0.15, 0.2) is 72.8 Å². The summed E-state index contributed by atoms with van der Waals surface area (Å²) < 4.78 is 5.39. The molecule has 2 N–H and O–H groups in total. The van der Waals surface area contributed by atoms with Gasteiger partial charge in [-0.3, -0.25) is 20.2 Å². The van der Waals surface area contributed by atoms with Crippen molar-refractivity contribution in [3.8, 4) is 5.75 Å². The SMILES string of the molecule is COc1ccc(C(NC(C)c2ccc(C3CCCCC3)cc2)c2cccc(CC3SC(=O)NC3=O)c2)cc1. The predicted molar refractivity (Wildman–Crippen MR) is 154 cm³/mol. The highest BCUT2D eigenvalue weighted by Gasteiger charge is 2.31. The Bertz CT molecular complexity index is 1250. The Morgan fingerprint density at radius 2 is 1.63 bits per heavy atom. The van der Waals surface area contributed by atoms with Gasteiger partial charge in [0.1, 0.15) is 5.75 Å². The maximum absolute atomic E-state index is 12.1. The van der Waals surface area contributed by atoms with Crippen molar-refractivity contribution >= 4 is 22.9 Å². The highest BCUT2D eigenvalue weighted by Crippen LogP contribution is 2.34. The number of ether oxygens (including phenoxy) is 1. The summed E-state index contributed by atoms with van der Waals surface area (Å²) in [7, 11) is 1.68. The Hall–Kier alpha value is -3.09. The van der Waals surface area contributed by atoms with Crippen LogP contribution in [0.3, 0.4) is 0 Å². The van der Waals surface area contributed by atoms with E-state index in [1.807, 2.05) is 24.3 Å². The fraction of sp³-hybridized carbons (Fsp3) is 0.375. The van der Waals surface area contributed by atoms with Gasteiger partial charge < -0.3 is 4.74 Å². The number of rotatable bonds is 9. The minimum atomic E-state index is -0.383. The number of hydrogen-bond donors (Lipinski definition) is 2. The van der Waals surface area contributed by atoms with E-state index in [0.29, 0.717) is 12.3 Å². The molecule has 3 aromatic carbocycles. The van der Waals surface area contributed by atoms with Gasteiger partial charge in [-0.1, -0.05) is 91.7 Å². The number of nitrogens with one attached hydrogen (secondary N) is 2. The third-order valence-electron chi connectivity index (χ3n) is 7.85. The predicted octanol–water partition coefficient (Wildman–Crippen LogP) is 7.08. The van der Waals surface area contributed by atoms with Crippen LogP contribution < -0.4 is 15.4 Å². The fourth-order valence-corrected chi connectivity index (χ4v) is 6.52. The quantitative estimate of drug-likeness (QED) is 0.311. The molecule has 3 atom stereocenters. The molecular weight excluding hydrogens is 492 g/mol. The van der Waals surface area contributed by atoms with Crippen LogP contribution in [-0.2, 0) is 11.2 Å². The summed E-state index contributed by atoms with van der Waals surface area (Å²) in [6.45, 7) is 2.21. The van der Waals surface area contributed by atoms with Gasteiger partial charge in [-0.15, -0.1) is 0 Å². The Morgan fingerprint density at radius 3 is 2.29 bits per heavy atom. The summed E-state index contributed by atoms with van der Waals surface area (Å²) >= 11 is 1.07. The molecule has 3 aromatic rings. The molecule has 1 saturated heterocycles. The molecule has 1 saturated carbocycles. The molecule has 2 fully saturated rings. The van der Waals surface area contributed by atoms with E-state index in [4.69, 9.17) is 4.74 Å². The molecule has 3 unspecified atom stereocenters. The number of amides is 2. The van der Waals surface area contributed by atoms with Crippen molar-refractivity contribution in [2.75, 3.05) is 7.11 Å². The number of hydrogen-bond acceptors (Lipinski definition) is 5. The number of carbonyl (C=O) groups excluding carboxylic acids is 2. The first-order valence-corrected chi connectivity index (χ1v) is 14.5. The van der Waals surface area contributed by atoms with Gasteiger partial charge in [-0.25, -0.2) is 0 Å². The van der Waals surface area contributed by atoms with E-state index in [-0.39, 0.29) is 28.5 Å². The van der Waals surface area contributed by atoms with Crippen LogP contribution in [0.1, 0.15) is 84.8 Å². The summed E-state index contributed by atoms with van der Waals surface area (Å²) in [4.78, 5) is 23.8. The van der Waals surface area contributed by atoms with Gasteiger partial charge in [-0.2, -0.15) is 0 Å². The summed E-state index contributed by atoms with van der Waals surface area (Å²) in [5.41, 5.74) is 6.02. The van der Waals surface area contributed by atoms with Crippen molar-refractivity contribution < 1.29 is 14.3 Å². The third-order valence-corrected chi connectivity index (χ3v) is 8.83. The van der Waals surface area contributed by atoms with E-state index in [1.165, 1.54) is 43.2 Å². The number of thioether (sulfide) groups is 1. The monoisotopic (exact) mass is 528 g/mol. The largest absolute Gasteiger partial charge is 0.497 e. The first-order chi connectivity index (χ1) is 18.5. The number of methoxy groups -OCH3 is 1. The summed E-state index contributed by atoms with van der Waals surface area (Å²) in [6.07, 6.45) is 7.18. The maximum Gasteiger partial charge on any atom is 0.286 e. The molecule has 0 radical (unpaired) electrons. The molecule has 0 bridgehead atoms. The minimum absolute atomic E-state index is 0.0550. The Kier molecular flexibility index (Phi) is 8.50. The van der Waals surface area contributed by atoms with E-state index in [9.17, 15) is 9.59 Å². The fourth-order valence-electron chi connectivity index (χ4n) is 5.66. The van der Waals surface area contributed by atoms with E-state index >= 15 is 0 Å². The zero-order valence-electron chi connectivity index (χ0n) is 22.1. The lowest BCUT2D eigenvalue weighted by Crippen LogP contribution is -2.26. The van der Waals surface area contributed by atoms with Crippen molar-refractivity contribution in [2.45, 2.75) is 68.7 Å². The third kappa shape index (κ3) is 6.30. The van der Waals surface area contributed by atoms with Crippen LogP contribution >= 0.6 is 11.8 Å². The summed E-state index contributed by atoms with van der Waals surface area (Å²) in [5.74, 6) is 1.31.